The molecule has 0 heterocycles. The molecule has 2 saturated carbocycles. The average Bonchev–Trinajstić information content (AvgIpc) is 3.59. The first-order valence-corrected chi connectivity index (χ1v) is 11.4. The molecule has 1 amide bonds. The molecule has 0 aromatic heterocycles. The van der Waals surface area contributed by atoms with Gasteiger partial charge in [0.1, 0.15) is 0 Å². The summed E-state index contributed by atoms with van der Waals surface area (Å²) in [5.41, 5.74) is 1.40. The van der Waals surface area contributed by atoms with Crippen LogP contribution in [0.5, 0.6) is 0 Å². The number of hydrogen-bond acceptors (Lipinski definition) is 3. The Morgan fingerprint density at radius 3 is 2.39 bits per heavy atom. The number of rotatable bonds is 7. The third-order valence-corrected chi connectivity index (χ3v) is 7.01. The molecule has 2 aliphatic rings. The molecule has 0 saturated heterocycles. The van der Waals surface area contributed by atoms with E-state index < -0.39 is 10.0 Å². The van der Waals surface area contributed by atoms with Crippen molar-refractivity contribution in [2.45, 2.75) is 55.6 Å². The van der Waals surface area contributed by atoms with Crippen molar-refractivity contribution < 1.29 is 13.2 Å². The molecule has 1 N–H and O–H groups in total. The largest absolute Gasteiger partial charge is 0.329 e. The van der Waals surface area contributed by atoms with Gasteiger partial charge in [-0.15, -0.1) is 0 Å². The van der Waals surface area contributed by atoms with Crippen molar-refractivity contribution >= 4 is 27.5 Å². The van der Waals surface area contributed by atoms with Gasteiger partial charge in [-0.3, -0.25) is 4.79 Å². The highest BCUT2D eigenvalue weighted by Crippen LogP contribution is 2.36. The Hall–Kier alpha value is -1.89. The maximum Gasteiger partial charge on any atom is 0.254 e. The van der Waals surface area contributed by atoms with Crippen LogP contribution in [0.4, 0.5) is 0 Å². The van der Waals surface area contributed by atoms with Gasteiger partial charge in [0.15, 0.2) is 0 Å². The second kappa shape index (κ2) is 7.50. The first-order chi connectivity index (χ1) is 13.3. The number of hydrogen-bond donors (Lipinski definition) is 1. The van der Waals surface area contributed by atoms with Crippen LogP contribution in [0.25, 0.3) is 0 Å². The maximum absolute atomic E-state index is 13.3. The van der Waals surface area contributed by atoms with E-state index >= 15 is 0 Å². The van der Waals surface area contributed by atoms with Gasteiger partial charge < -0.3 is 4.90 Å². The van der Waals surface area contributed by atoms with Crippen LogP contribution in [0.15, 0.2) is 53.4 Å². The highest BCUT2D eigenvalue weighted by molar-refractivity contribution is 7.89. The van der Waals surface area contributed by atoms with E-state index in [1.54, 1.807) is 12.1 Å². The second-order valence-electron chi connectivity index (χ2n) is 7.59. The zero-order valence-corrected chi connectivity index (χ0v) is 17.2. The summed E-state index contributed by atoms with van der Waals surface area (Å²) >= 11 is 5.99. The summed E-state index contributed by atoms with van der Waals surface area (Å²) in [6.45, 7) is 1.99. The lowest BCUT2D eigenvalue weighted by molar-refractivity contribution is 0.0673. The molecule has 2 aromatic rings. The van der Waals surface area contributed by atoms with Crippen molar-refractivity contribution in [2.24, 2.45) is 0 Å². The highest BCUT2D eigenvalue weighted by Gasteiger charge is 2.37. The van der Waals surface area contributed by atoms with Crippen molar-refractivity contribution in [1.82, 2.24) is 9.62 Å². The minimum Gasteiger partial charge on any atom is -0.329 e. The Bertz CT molecular complexity index is 983. The lowest BCUT2D eigenvalue weighted by Crippen LogP contribution is -2.35. The molecule has 1 unspecified atom stereocenters. The Kier molecular flexibility index (Phi) is 5.21. The van der Waals surface area contributed by atoms with E-state index in [0.717, 1.165) is 31.2 Å². The zero-order valence-electron chi connectivity index (χ0n) is 15.6. The Morgan fingerprint density at radius 2 is 1.79 bits per heavy atom. The summed E-state index contributed by atoms with van der Waals surface area (Å²) in [6.07, 6.45) is 3.66. The van der Waals surface area contributed by atoms with Crippen LogP contribution in [-0.4, -0.2) is 31.3 Å². The van der Waals surface area contributed by atoms with E-state index in [1.165, 1.54) is 12.1 Å². The van der Waals surface area contributed by atoms with Gasteiger partial charge in [0.25, 0.3) is 5.91 Å². The molecule has 0 spiro atoms. The molecule has 0 radical (unpaired) electrons. The molecular formula is C21H23ClN2O3S. The SMILES string of the molecule is CC(c1ccc(Cl)cc1)N(C(=O)c1cccc(S(=O)(=O)NC2CC2)c1)C1CC1. The number of benzene rings is 2. The van der Waals surface area contributed by atoms with Crippen molar-refractivity contribution in [3.05, 3.63) is 64.7 Å². The van der Waals surface area contributed by atoms with Gasteiger partial charge in [-0.05, 0) is 68.5 Å². The van der Waals surface area contributed by atoms with Crippen molar-refractivity contribution in [3.8, 4) is 0 Å². The van der Waals surface area contributed by atoms with Crippen LogP contribution in [0, 0.1) is 0 Å². The van der Waals surface area contributed by atoms with Crippen LogP contribution in [0.3, 0.4) is 0 Å². The summed E-state index contributed by atoms with van der Waals surface area (Å²) in [6, 6.07) is 13.9. The van der Waals surface area contributed by atoms with Gasteiger partial charge in [-0.25, -0.2) is 13.1 Å². The minimum absolute atomic E-state index is 0.0252. The zero-order chi connectivity index (χ0) is 19.9. The van der Waals surface area contributed by atoms with Crippen LogP contribution >= 0.6 is 11.6 Å². The van der Waals surface area contributed by atoms with Crippen LogP contribution in [0.1, 0.15) is 54.6 Å². The van der Waals surface area contributed by atoms with Crippen molar-refractivity contribution in [2.75, 3.05) is 0 Å². The van der Waals surface area contributed by atoms with Gasteiger partial charge in [-0.1, -0.05) is 29.8 Å². The number of nitrogens with one attached hydrogen (secondary N) is 1. The first kappa shape index (κ1) is 19.4. The summed E-state index contributed by atoms with van der Waals surface area (Å²) in [5, 5.41) is 0.654. The third kappa shape index (κ3) is 4.24. The molecule has 148 valence electrons. The second-order valence-corrected chi connectivity index (χ2v) is 9.74. The highest BCUT2D eigenvalue weighted by atomic mass is 35.5. The van der Waals surface area contributed by atoms with Crippen molar-refractivity contribution in [3.63, 3.8) is 0 Å². The monoisotopic (exact) mass is 418 g/mol. The lowest BCUT2D eigenvalue weighted by Gasteiger charge is -2.30. The lowest BCUT2D eigenvalue weighted by atomic mass is 10.1. The summed E-state index contributed by atoms with van der Waals surface area (Å²) in [5.74, 6) is -0.145. The summed E-state index contributed by atoms with van der Waals surface area (Å²) in [4.78, 5) is 15.3. The summed E-state index contributed by atoms with van der Waals surface area (Å²) < 4.78 is 27.7. The standard InChI is InChI=1S/C21H23ClN2O3S/c1-14(15-5-7-17(22)8-6-15)24(19-11-12-19)21(25)16-3-2-4-20(13-16)28(26,27)23-18-9-10-18/h2-8,13-14,18-19,23H,9-12H2,1H3. The Labute approximate surface area is 170 Å². The molecule has 28 heavy (non-hydrogen) atoms. The van der Waals surface area contributed by atoms with Gasteiger partial charge in [-0.2, -0.15) is 0 Å². The maximum atomic E-state index is 13.3. The quantitative estimate of drug-likeness (QED) is 0.734. The molecule has 2 aliphatic carbocycles. The smallest absolute Gasteiger partial charge is 0.254 e. The molecule has 2 aromatic carbocycles. The summed E-state index contributed by atoms with van der Waals surface area (Å²) in [7, 11) is -3.60. The van der Waals surface area contributed by atoms with E-state index in [-0.39, 0.29) is 28.9 Å². The van der Waals surface area contributed by atoms with Crippen LogP contribution in [-0.2, 0) is 10.0 Å². The van der Waals surface area contributed by atoms with Gasteiger partial charge in [0.2, 0.25) is 10.0 Å². The number of sulfonamides is 1. The first-order valence-electron chi connectivity index (χ1n) is 9.56. The van der Waals surface area contributed by atoms with E-state index in [2.05, 4.69) is 4.72 Å². The molecule has 4 rings (SSSR count). The van der Waals surface area contributed by atoms with E-state index in [4.69, 9.17) is 11.6 Å². The number of halogens is 1. The van der Waals surface area contributed by atoms with Gasteiger partial charge >= 0.3 is 0 Å². The molecular weight excluding hydrogens is 396 g/mol. The van der Waals surface area contributed by atoms with E-state index in [1.807, 2.05) is 36.1 Å². The third-order valence-electron chi connectivity index (χ3n) is 5.23. The molecule has 0 bridgehead atoms. The molecule has 2 fully saturated rings. The Morgan fingerprint density at radius 1 is 1.11 bits per heavy atom. The van der Waals surface area contributed by atoms with Crippen LogP contribution < -0.4 is 4.72 Å². The van der Waals surface area contributed by atoms with Crippen LogP contribution in [0.2, 0.25) is 5.02 Å². The molecule has 0 aliphatic heterocycles. The van der Waals surface area contributed by atoms with E-state index in [9.17, 15) is 13.2 Å². The molecule has 5 nitrogen and oxygen atoms in total. The fraction of sp³-hybridized carbons (Fsp3) is 0.381. The number of nitrogens with zero attached hydrogens (tertiary/aromatic N) is 1. The van der Waals surface area contributed by atoms with Gasteiger partial charge in [0, 0.05) is 22.7 Å². The average molecular weight is 419 g/mol. The normalized spacial score (nSPS) is 17.9. The van der Waals surface area contributed by atoms with Crippen molar-refractivity contribution in [1.29, 1.82) is 0 Å². The number of carbonyl (C=O) groups excluding carboxylic acids is 1. The molecule has 7 heteroatoms. The Balaban J connectivity index is 1.61. The predicted octanol–water partition coefficient (Wildman–Crippen LogP) is 4.15. The van der Waals surface area contributed by atoms with Gasteiger partial charge in [0.05, 0.1) is 10.9 Å². The predicted molar refractivity (Wildman–Crippen MR) is 109 cm³/mol. The minimum atomic E-state index is -3.60. The molecule has 1 atom stereocenters. The fourth-order valence-electron chi connectivity index (χ4n) is 3.35. The van der Waals surface area contributed by atoms with E-state index in [0.29, 0.717) is 10.6 Å². The number of amides is 1. The number of carbonyl (C=O) groups is 1. The fourth-order valence-corrected chi connectivity index (χ4v) is 4.82. The topological polar surface area (TPSA) is 66.5 Å².